The summed E-state index contributed by atoms with van der Waals surface area (Å²) in [5.74, 6) is 0. The van der Waals surface area contributed by atoms with Gasteiger partial charge in [-0.3, -0.25) is 0 Å². The van der Waals surface area contributed by atoms with Crippen LogP contribution in [0.1, 0.15) is 0 Å². The molecular weight excluding hydrogens is 655 g/mol. The second-order valence-electron chi connectivity index (χ2n) is 13.7. The third-order valence-electron chi connectivity index (χ3n) is 10.5. The summed E-state index contributed by atoms with van der Waals surface area (Å²) in [6, 6.07) is 75.9. The molecule has 54 heavy (non-hydrogen) atoms. The molecule has 0 N–H and O–H groups in total. The van der Waals surface area contributed by atoms with Crippen LogP contribution >= 0.6 is 0 Å². The van der Waals surface area contributed by atoms with Crippen molar-refractivity contribution in [2.75, 3.05) is 4.90 Å². The van der Waals surface area contributed by atoms with E-state index in [9.17, 15) is 0 Å². The molecule has 2 heteroatoms. The number of benzene rings is 9. The van der Waals surface area contributed by atoms with Gasteiger partial charge in [0.25, 0.3) is 0 Å². The summed E-state index contributed by atoms with van der Waals surface area (Å²) in [5.41, 5.74) is 14.3. The van der Waals surface area contributed by atoms with Crippen molar-refractivity contribution in [3.63, 3.8) is 0 Å². The van der Waals surface area contributed by atoms with E-state index in [4.69, 9.17) is 4.42 Å². The largest absolute Gasteiger partial charge is 0.456 e. The van der Waals surface area contributed by atoms with E-state index < -0.39 is 0 Å². The Hall–Kier alpha value is -7.16. The second-order valence-corrected chi connectivity index (χ2v) is 13.7. The van der Waals surface area contributed by atoms with Gasteiger partial charge in [0, 0.05) is 39.3 Å². The lowest BCUT2D eigenvalue weighted by Crippen LogP contribution is -2.12. The Balaban J connectivity index is 1.21. The lowest BCUT2D eigenvalue weighted by Gasteiger charge is -2.30. The third kappa shape index (κ3) is 5.53. The molecule has 2 nitrogen and oxygen atoms in total. The van der Waals surface area contributed by atoms with E-state index in [-0.39, 0.29) is 0 Å². The van der Waals surface area contributed by atoms with Crippen molar-refractivity contribution in [2.24, 2.45) is 0 Å². The molecule has 0 saturated carbocycles. The maximum Gasteiger partial charge on any atom is 0.137 e. The zero-order valence-electron chi connectivity index (χ0n) is 29.6. The van der Waals surface area contributed by atoms with Crippen LogP contribution in [0.15, 0.2) is 217 Å². The van der Waals surface area contributed by atoms with Crippen LogP contribution in [0, 0.1) is 0 Å². The standard InChI is InChI=1S/C52H35NO/c1-4-15-36(16-5-1)45-24-14-25-46(37-17-6-2-7-18-37)52(45)53(42-32-34-48-47-23-12-13-26-49(47)54-50(48)35-42)41-30-27-39(28-31-41)44-33-29-38-19-10-11-22-43(38)51(44)40-20-8-3-9-21-40/h1-35H. The molecule has 0 aliphatic heterocycles. The van der Waals surface area contributed by atoms with Crippen LogP contribution in [0.2, 0.25) is 0 Å². The van der Waals surface area contributed by atoms with Gasteiger partial charge in [0.1, 0.15) is 11.2 Å². The molecule has 0 radical (unpaired) electrons. The Bertz CT molecular complexity index is 2850. The molecule has 0 fully saturated rings. The fourth-order valence-electron chi connectivity index (χ4n) is 7.96. The van der Waals surface area contributed by atoms with E-state index in [0.717, 1.165) is 66.8 Å². The fourth-order valence-corrected chi connectivity index (χ4v) is 7.96. The average Bonchev–Trinajstić information content (AvgIpc) is 3.63. The molecule has 254 valence electrons. The molecule has 10 aromatic rings. The van der Waals surface area contributed by atoms with E-state index in [1.807, 2.05) is 12.1 Å². The number of fused-ring (bicyclic) bond motifs is 4. The molecule has 0 bridgehead atoms. The van der Waals surface area contributed by atoms with Gasteiger partial charge in [-0.15, -0.1) is 0 Å². The number of nitrogens with zero attached hydrogens (tertiary/aromatic N) is 1. The Morgan fingerprint density at radius 2 is 0.852 bits per heavy atom. The first kappa shape index (κ1) is 31.6. The molecule has 10 rings (SSSR count). The summed E-state index contributed by atoms with van der Waals surface area (Å²) >= 11 is 0. The molecule has 0 spiro atoms. The lowest BCUT2D eigenvalue weighted by atomic mass is 9.89. The number of furan rings is 1. The quantitative estimate of drug-likeness (QED) is 0.166. The van der Waals surface area contributed by atoms with E-state index in [1.54, 1.807) is 0 Å². The molecule has 0 aliphatic rings. The normalized spacial score (nSPS) is 11.3. The number of para-hydroxylation sites is 2. The van der Waals surface area contributed by atoms with Crippen LogP contribution in [-0.2, 0) is 0 Å². The van der Waals surface area contributed by atoms with Gasteiger partial charge in [0.15, 0.2) is 0 Å². The molecule has 1 heterocycles. The molecule has 9 aromatic carbocycles. The van der Waals surface area contributed by atoms with Crippen molar-refractivity contribution in [3.8, 4) is 44.5 Å². The highest BCUT2D eigenvalue weighted by atomic mass is 16.3. The van der Waals surface area contributed by atoms with Crippen molar-refractivity contribution in [3.05, 3.63) is 212 Å². The van der Waals surface area contributed by atoms with E-state index >= 15 is 0 Å². The van der Waals surface area contributed by atoms with Crippen LogP contribution in [-0.4, -0.2) is 0 Å². The highest BCUT2D eigenvalue weighted by Crippen LogP contribution is 2.48. The zero-order chi connectivity index (χ0) is 35.8. The summed E-state index contributed by atoms with van der Waals surface area (Å²) in [7, 11) is 0. The number of hydrogen-bond donors (Lipinski definition) is 0. The maximum atomic E-state index is 6.49. The topological polar surface area (TPSA) is 16.4 Å². The van der Waals surface area contributed by atoms with Crippen molar-refractivity contribution < 1.29 is 4.42 Å². The summed E-state index contributed by atoms with van der Waals surface area (Å²) in [6.07, 6.45) is 0. The van der Waals surface area contributed by atoms with Crippen LogP contribution in [0.5, 0.6) is 0 Å². The predicted octanol–water partition coefficient (Wildman–Crippen LogP) is 14.9. The Kier molecular flexibility index (Phi) is 7.85. The molecule has 1 aromatic heterocycles. The summed E-state index contributed by atoms with van der Waals surface area (Å²) in [4.78, 5) is 2.40. The second kappa shape index (κ2) is 13.4. The van der Waals surface area contributed by atoms with Gasteiger partial charge >= 0.3 is 0 Å². The fraction of sp³-hybridized carbons (Fsp3) is 0. The molecule has 0 aliphatic carbocycles. The van der Waals surface area contributed by atoms with Crippen molar-refractivity contribution in [2.45, 2.75) is 0 Å². The minimum Gasteiger partial charge on any atom is -0.456 e. The number of anilines is 3. The van der Waals surface area contributed by atoms with Gasteiger partial charge in [-0.1, -0.05) is 176 Å². The molecule has 0 saturated heterocycles. The van der Waals surface area contributed by atoms with Crippen LogP contribution < -0.4 is 4.90 Å². The summed E-state index contributed by atoms with van der Waals surface area (Å²) in [5, 5.41) is 4.70. The van der Waals surface area contributed by atoms with E-state index in [1.165, 1.54) is 27.5 Å². The Labute approximate surface area is 314 Å². The molecule has 0 amide bonds. The number of rotatable bonds is 7. The van der Waals surface area contributed by atoms with Crippen molar-refractivity contribution in [1.29, 1.82) is 0 Å². The van der Waals surface area contributed by atoms with Gasteiger partial charge < -0.3 is 9.32 Å². The first-order valence-electron chi connectivity index (χ1n) is 18.4. The third-order valence-corrected chi connectivity index (χ3v) is 10.5. The van der Waals surface area contributed by atoms with Gasteiger partial charge in [0.05, 0.1) is 5.69 Å². The highest BCUT2D eigenvalue weighted by molar-refractivity contribution is 6.07. The van der Waals surface area contributed by atoms with E-state index in [2.05, 4.69) is 205 Å². The molecular formula is C52H35NO. The first-order chi connectivity index (χ1) is 26.8. The smallest absolute Gasteiger partial charge is 0.137 e. The Morgan fingerprint density at radius 1 is 0.315 bits per heavy atom. The minimum absolute atomic E-state index is 0.859. The lowest BCUT2D eigenvalue weighted by molar-refractivity contribution is 0.669. The average molecular weight is 690 g/mol. The van der Waals surface area contributed by atoms with Gasteiger partial charge in [-0.25, -0.2) is 0 Å². The summed E-state index contributed by atoms with van der Waals surface area (Å²) < 4.78 is 6.49. The van der Waals surface area contributed by atoms with Crippen LogP contribution in [0.25, 0.3) is 77.2 Å². The van der Waals surface area contributed by atoms with Gasteiger partial charge in [0.2, 0.25) is 0 Å². The monoisotopic (exact) mass is 689 g/mol. The highest BCUT2D eigenvalue weighted by Gasteiger charge is 2.23. The van der Waals surface area contributed by atoms with Crippen LogP contribution in [0.4, 0.5) is 17.1 Å². The van der Waals surface area contributed by atoms with Crippen molar-refractivity contribution >= 4 is 49.8 Å². The number of hydrogen-bond acceptors (Lipinski definition) is 2. The Morgan fingerprint density at radius 3 is 1.54 bits per heavy atom. The predicted molar refractivity (Wildman–Crippen MR) is 228 cm³/mol. The van der Waals surface area contributed by atoms with Crippen molar-refractivity contribution in [1.82, 2.24) is 0 Å². The zero-order valence-corrected chi connectivity index (χ0v) is 29.6. The first-order valence-corrected chi connectivity index (χ1v) is 18.4. The SMILES string of the molecule is c1ccc(-c2cccc(-c3ccccc3)c2N(c2ccc(-c3ccc4ccccc4c3-c3ccccc3)cc2)c2ccc3c(c2)oc2ccccc23)cc1. The molecule has 0 unspecified atom stereocenters. The molecule has 0 atom stereocenters. The van der Waals surface area contributed by atoms with Gasteiger partial charge in [-0.05, 0) is 74.5 Å². The maximum absolute atomic E-state index is 6.49. The van der Waals surface area contributed by atoms with Gasteiger partial charge in [-0.2, -0.15) is 0 Å². The minimum atomic E-state index is 0.859. The van der Waals surface area contributed by atoms with Crippen LogP contribution in [0.3, 0.4) is 0 Å². The van der Waals surface area contributed by atoms with E-state index in [0.29, 0.717) is 0 Å². The summed E-state index contributed by atoms with van der Waals surface area (Å²) in [6.45, 7) is 0.